The van der Waals surface area contributed by atoms with Crippen molar-refractivity contribution in [1.82, 2.24) is 9.97 Å². The molecule has 1 amide bonds. The van der Waals surface area contributed by atoms with Crippen LogP contribution >= 0.6 is 0 Å². The standard InChI is InChI=1S/C35H33N3O5/c1-6-23-9-7-8-21(2)31(23)38-34(39)22(3)43-35(40)26-14-19-29-30(20-26)37-33(25-12-17-28(42-5)18-13-25)32(36-29)24-10-15-27(41-4)16-11-24/h7-20,22H,6H2,1-5H3,(H,38,39). The normalized spacial score (nSPS) is 11.6. The number of amides is 1. The van der Waals surface area contributed by atoms with Crippen LogP contribution in [0.15, 0.2) is 84.9 Å². The molecule has 0 spiro atoms. The highest BCUT2D eigenvalue weighted by molar-refractivity contribution is 5.99. The van der Waals surface area contributed by atoms with Gasteiger partial charge in [-0.15, -0.1) is 0 Å². The summed E-state index contributed by atoms with van der Waals surface area (Å²) in [5.41, 5.74) is 7.13. The minimum absolute atomic E-state index is 0.268. The van der Waals surface area contributed by atoms with Crippen molar-refractivity contribution in [2.45, 2.75) is 33.3 Å². The number of rotatable bonds is 9. The van der Waals surface area contributed by atoms with Crippen LogP contribution in [0.1, 0.15) is 35.3 Å². The van der Waals surface area contributed by atoms with Crippen LogP contribution in [0.4, 0.5) is 5.69 Å². The van der Waals surface area contributed by atoms with E-state index < -0.39 is 18.0 Å². The number of methoxy groups -OCH3 is 2. The van der Waals surface area contributed by atoms with E-state index in [1.807, 2.05) is 80.6 Å². The number of nitrogens with one attached hydrogen (secondary N) is 1. The number of nitrogens with zero attached hydrogens (tertiary/aromatic N) is 2. The number of benzene rings is 4. The van der Waals surface area contributed by atoms with Gasteiger partial charge in [0, 0.05) is 16.8 Å². The second-order valence-electron chi connectivity index (χ2n) is 10.1. The van der Waals surface area contributed by atoms with Crippen LogP contribution in [-0.2, 0) is 16.0 Å². The van der Waals surface area contributed by atoms with Crippen molar-refractivity contribution in [2.75, 3.05) is 19.5 Å². The van der Waals surface area contributed by atoms with Crippen LogP contribution in [0.25, 0.3) is 33.5 Å². The van der Waals surface area contributed by atoms with E-state index in [-0.39, 0.29) is 5.56 Å². The summed E-state index contributed by atoms with van der Waals surface area (Å²) in [6.45, 7) is 5.51. The maximum Gasteiger partial charge on any atom is 0.338 e. The predicted octanol–water partition coefficient (Wildman–Crippen LogP) is 7.04. The summed E-state index contributed by atoms with van der Waals surface area (Å²) in [5, 5.41) is 2.92. The number of carbonyl (C=O) groups is 2. The maximum atomic E-state index is 13.1. The first-order chi connectivity index (χ1) is 20.8. The molecule has 1 aromatic heterocycles. The van der Waals surface area contributed by atoms with Crippen LogP contribution in [0.5, 0.6) is 11.5 Å². The van der Waals surface area contributed by atoms with Crippen molar-refractivity contribution in [3.8, 4) is 34.0 Å². The molecule has 218 valence electrons. The average Bonchev–Trinajstić information content (AvgIpc) is 3.04. The summed E-state index contributed by atoms with van der Waals surface area (Å²) in [6, 6.07) is 26.0. The van der Waals surface area contributed by atoms with Gasteiger partial charge in [-0.1, -0.05) is 25.1 Å². The van der Waals surface area contributed by atoms with Gasteiger partial charge in [-0.05, 0) is 98.1 Å². The molecule has 8 nitrogen and oxygen atoms in total. The monoisotopic (exact) mass is 575 g/mol. The van der Waals surface area contributed by atoms with E-state index in [1.54, 1.807) is 39.3 Å². The molecule has 43 heavy (non-hydrogen) atoms. The van der Waals surface area contributed by atoms with Gasteiger partial charge in [0.25, 0.3) is 5.91 Å². The van der Waals surface area contributed by atoms with Crippen LogP contribution < -0.4 is 14.8 Å². The first kappa shape index (κ1) is 29.3. The molecule has 0 aliphatic heterocycles. The van der Waals surface area contributed by atoms with E-state index >= 15 is 0 Å². The lowest BCUT2D eigenvalue weighted by Gasteiger charge is -2.17. The zero-order valence-electron chi connectivity index (χ0n) is 24.8. The SMILES string of the molecule is CCc1cccc(C)c1NC(=O)C(C)OC(=O)c1ccc2nc(-c3ccc(OC)cc3)c(-c3ccc(OC)cc3)nc2c1. The molecule has 8 heteroatoms. The molecule has 5 aromatic rings. The molecule has 1 atom stereocenters. The Kier molecular flexibility index (Phi) is 8.66. The Hall–Kier alpha value is -5.24. The third-order valence-corrected chi connectivity index (χ3v) is 7.27. The highest BCUT2D eigenvalue weighted by atomic mass is 16.5. The van der Waals surface area contributed by atoms with Crippen molar-refractivity contribution in [2.24, 2.45) is 0 Å². The smallest absolute Gasteiger partial charge is 0.338 e. The topological polar surface area (TPSA) is 99.6 Å². The fraction of sp³-hybridized carbons (Fsp3) is 0.200. The molecule has 1 unspecified atom stereocenters. The Balaban J connectivity index is 1.45. The summed E-state index contributed by atoms with van der Waals surface area (Å²) >= 11 is 0. The number of carbonyl (C=O) groups excluding carboxylic acids is 2. The number of hydrogen-bond acceptors (Lipinski definition) is 7. The fourth-order valence-electron chi connectivity index (χ4n) is 4.79. The van der Waals surface area contributed by atoms with Gasteiger partial charge < -0.3 is 19.5 Å². The molecular formula is C35H33N3O5. The largest absolute Gasteiger partial charge is 0.497 e. The Morgan fingerprint density at radius 3 is 1.93 bits per heavy atom. The predicted molar refractivity (Wildman–Crippen MR) is 168 cm³/mol. The van der Waals surface area contributed by atoms with E-state index in [0.29, 0.717) is 22.4 Å². The number of esters is 1. The van der Waals surface area contributed by atoms with E-state index in [2.05, 4.69) is 5.32 Å². The molecule has 0 saturated heterocycles. The Morgan fingerprint density at radius 1 is 0.791 bits per heavy atom. The summed E-state index contributed by atoms with van der Waals surface area (Å²) in [7, 11) is 3.24. The Bertz CT molecular complexity index is 1780. The maximum absolute atomic E-state index is 13.1. The molecule has 0 radical (unpaired) electrons. The molecule has 0 bridgehead atoms. The number of aromatic nitrogens is 2. The molecule has 1 heterocycles. The van der Waals surface area contributed by atoms with E-state index in [9.17, 15) is 9.59 Å². The number of fused-ring (bicyclic) bond motifs is 1. The third-order valence-electron chi connectivity index (χ3n) is 7.27. The minimum atomic E-state index is -1.01. The molecular weight excluding hydrogens is 542 g/mol. The first-order valence-corrected chi connectivity index (χ1v) is 14.0. The van der Waals surface area contributed by atoms with Crippen LogP contribution in [0.2, 0.25) is 0 Å². The number of hydrogen-bond donors (Lipinski definition) is 1. The van der Waals surface area contributed by atoms with Crippen molar-refractivity contribution in [3.63, 3.8) is 0 Å². The summed E-state index contributed by atoms with van der Waals surface area (Å²) < 4.78 is 16.2. The Morgan fingerprint density at radius 2 is 1.37 bits per heavy atom. The van der Waals surface area contributed by atoms with Crippen molar-refractivity contribution < 1.29 is 23.8 Å². The number of para-hydroxylation sites is 1. The summed E-state index contributed by atoms with van der Waals surface area (Å²) in [4.78, 5) is 36.0. The fourth-order valence-corrected chi connectivity index (χ4v) is 4.79. The molecule has 4 aromatic carbocycles. The van der Waals surface area contributed by atoms with Gasteiger partial charge in [0.15, 0.2) is 6.10 Å². The number of aryl methyl sites for hydroxylation is 2. The highest BCUT2D eigenvalue weighted by Crippen LogP contribution is 2.33. The van der Waals surface area contributed by atoms with Crippen LogP contribution in [0.3, 0.4) is 0 Å². The second kappa shape index (κ2) is 12.7. The molecule has 0 aliphatic rings. The average molecular weight is 576 g/mol. The zero-order chi connectivity index (χ0) is 30.5. The second-order valence-corrected chi connectivity index (χ2v) is 10.1. The van der Waals surface area contributed by atoms with E-state index in [4.69, 9.17) is 24.2 Å². The molecule has 0 fully saturated rings. The quantitative estimate of drug-likeness (QED) is 0.188. The lowest BCUT2D eigenvalue weighted by atomic mass is 10.0. The van der Waals surface area contributed by atoms with Crippen LogP contribution in [0, 0.1) is 6.92 Å². The Labute approximate surface area is 250 Å². The van der Waals surface area contributed by atoms with Gasteiger partial charge >= 0.3 is 5.97 Å². The van der Waals surface area contributed by atoms with Gasteiger partial charge in [-0.3, -0.25) is 4.79 Å². The lowest BCUT2D eigenvalue weighted by molar-refractivity contribution is -0.123. The van der Waals surface area contributed by atoms with Gasteiger partial charge in [0.1, 0.15) is 11.5 Å². The summed E-state index contributed by atoms with van der Waals surface area (Å²) in [6.07, 6.45) is -0.242. The van der Waals surface area contributed by atoms with Crippen molar-refractivity contribution >= 4 is 28.6 Å². The summed E-state index contributed by atoms with van der Waals surface area (Å²) in [5.74, 6) is 0.431. The minimum Gasteiger partial charge on any atom is -0.497 e. The van der Waals surface area contributed by atoms with E-state index in [1.165, 1.54) is 0 Å². The van der Waals surface area contributed by atoms with Gasteiger partial charge in [-0.2, -0.15) is 0 Å². The zero-order valence-corrected chi connectivity index (χ0v) is 24.8. The highest BCUT2D eigenvalue weighted by Gasteiger charge is 2.22. The third kappa shape index (κ3) is 6.33. The molecule has 0 saturated carbocycles. The van der Waals surface area contributed by atoms with Crippen molar-refractivity contribution in [1.29, 1.82) is 0 Å². The molecule has 5 rings (SSSR count). The molecule has 1 N–H and O–H groups in total. The van der Waals surface area contributed by atoms with Gasteiger partial charge in [0.05, 0.1) is 42.2 Å². The lowest BCUT2D eigenvalue weighted by Crippen LogP contribution is -2.30. The van der Waals surface area contributed by atoms with Crippen molar-refractivity contribution in [3.05, 3.63) is 102 Å². The number of anilines is 1. The van der Waals surface area contributed by atoms with Crippen LogP contribution in [-0.4, -0.2) is 42.2 Å². The number of ether oxygens (including phenoxy) is 3. The van der Waals surface area contributed by atoms with Gasteiger partial charge in [0.2, 0.25) is 0 Å². The first-order valence-electron chi connectivity index (χ1n) is 14.0. The molecule has 0 aliphatic carbocycles. The van der Waals surface area contributed by atoms with E-state index in [0.717, 1.165) is 45.9 Å². The van der Waals surface area contributed by atoms with Gasteiger partial charge in [-0.25, -0.2) is 14.8 Å².